The smallest absolute Gasteiger partial charge is 0.254 e. The van der Waals surface area contributed by atoms with E-state index in [0.717, 1.165) is 31.5 Å². The summed E-state index contributed by atoms with van der Waals surface area (Å²) in [5.74, 6) is 1.54. The molecule has 2 fully saturated rings. The van der Waals surface area contributed by atoms with Crippen LogP contribution in [0.2, 0.25) is 0 Å². The third-order valence-corrected chi connectivity index (χ3v) is 6.50. The molecule has 0 N–H and O–H groups in total. The average Bonchev–Trinajstić information content (AvgIpc) is 3.53. The number of hydrogen-bond acceptors (Lipinski definition) is 5. The first-order valence-corrected chi connectivity index (χ1v) is 11.0. The van der Waals surface area contributed by atoms with Gasteiger partial charge in [0.25, 0.3) is 5.91 Å². The highest BCUT2D eigenvalue weighted by Gasteiger charge is 2.43. The lowest BCUT2D eigenvalue weighted by atomic mass is 9.87. The Bertz CT molecular complexity index is 986. The molecule has 0 spiro atoms. The Hall–Kier alpha value is -3.22. The largest absolute Gasteiger partial charge is 0.497 e. The first kappa shape index (κ1) is 22.0. The number of hydrogen-bond donors (Lipinski definition) is 0. The predicted octanol–water partition coefficient (Wildman–Crippen LogP) is 3.19. The highest BCUT2D eigenvalue weighted by atomic mass is 16.5. The molecule has 2 atom stereocenters. The number of rotatable bonds is 6. The van der Waals surface area contributed by atoms with Crippen LogP contribution in [-0.4, -0.2) is 69.1 Å². The number of carbonyl (C=O) groups is 2. The second-order valence-electron chi connectivity index (χ2n) is 8.30. The maximum absolute atomic E-state index is 13.5. The molecule has 2 heterocycles. The first-order chi connectivity index (χ1) is 15.5. The fraction of sp³-hybridized carbons (Fsp3) is 0.440. The third-order valence-electron chi connectivity index (χ3n) is 6.50. The topological polar surface area (TPSA) is 68.3 Å². The van der Waals surface area contributed by atoms with Gasteiger partial charge >= 0.3 is 0 Å². The van der Waals surface area contributed by atoms with Crippen LogP contribution in [0.4, 0.5) is 0 Å². The standard InChI is InChI=1S/C25H30N2O5/c1-30-18-8-6-7-17(13-18)24(28)27-15-21(20-10-9-19(31-2)14-23(20)32-3)22(16-27)25(29)26-11-4-5-12-26/h6-10,13-14,21-22H,4-5,11-12,15-16H2,1-3H3/t21-,22+/m0/s1. The molecule has 0 aromatic heterocycles. The molecule has 7 heteroatoms. The molecule has 7 nitrogen and oxygen atoms in total. The predicted molar refractivity (Wildman–Crippen MR) is 120 cm³/mol. The van der Waals surface area contributed by atoms with Crippen molar-refractivity contribution in [2.75, 3.05) is 47.5 Å². The summed E-state index contributed by atoms with van der Waals surface area (Å²) in [6, 6.07) is 12.8. The summed E-state index contributed by atoms with van der Waals surface area (Å²) in [4.78, 5) is 30.5. The molecule has 0 unspecified atom stereocenters. The van der Waals surface area contributed by atoms with Crippen molar-refractivity contribution in [2.45, 2.75) is 18.8 Å². The van der Waals surface area contributed by atoms with Crippen LogP contribution in [-0.2, 0) is 4.79 Å². The van der Waals surface area contributed by atoms with Crippen molar-refractivity contribution in [1.82, 2.24) is 9.80 Å². The number of likely N-dealkylation sites (tertiary alicyclic amines) is 2. The van der Waals surface area contributed by atoms with E-state index >= 15 is 0 Å². The lowest BCUT2D eigenvalue weighted by Gasteiger charge is -2.25. The lowest BCUT2D eigenvalue weighted by Crippen LogP contribution is -2.37. The first-order valence-electron chi connectivity index (χ1n) is 11.0. The van der Waals surface area contributed by atoms with Crippen molar-refractivity contribution in [3.63, 3.8) is 0 Å². The number of methoxy groups -OCH3 is 3. The van der Waals surface area contributed by atoms with E-state index in [4.69, 9.17) is 14.2 Å². The Kier molecular flexibility index (Phi) is 6.53. The van der Waals surface area contributed by atoms with Gasteiger partial charge in [-0.25, -0.2) is 0 Å². The van der Waals surface area contributed by atoms with Gasteiger partial charge in [-0.3, -0.25) is 9.59 Å². The number of ether oxygens (including phenoxy) is 3. The maximum atomic E-state index is 13.5. The van der Waals surface area contributed by atoms with Crippen molar-refractivity contribution >= 4 is 11.8 Å². The maximum Gasteiger partial charge on any atom is 0.254 e. The van der Waals surface area contributed by atoms with Gasteiger partial charge < -0.3 is 24.0 Å². The zero-order valence-corrected chi connectivity index (χ0v) is 18.9. The van der Waals surface area contributed by atoms with Crippen molar-refractivity contribution < 1.29 is 23.8 Å². The van der Waals surface area contributed by atoms with E-state index in [0.29, 0.717) is 35.9 Å². The van der Waals surface area contributed by atoms with Crippen LogP contribution < -0.4 is 14.2 Å². The Labute approximate surface area is 188 Å². The Morgan fingerprint density at radius 2 is 1.56 bits per heavy atom. The van der Waals surface area contributed by atoms with Crippen LogP contribution in [0.15, 0.2) is 42.5 Å². The van der Waals surface area contributed by atoms with Crippen LogP contribution in [0, 0.1) is 5.92 Å². The molecule has 2 aliphatic rings. The van der Waals surface area contributed by atoms with Gasteiger partial charge in [-0.2, -0.15) is 0 Å². The molecule has 0 radical (unpaired) electrons. The highest BCUT2D eigenvalue weighted by Crippen LogP contribution is 2.40. The molecule has 4 rings (SSSR count). The molecule has 2 aromatic rings. The second-order valence-corrected chi connectivity index (χ2v) is 8.30. The van der Waals surface area contributed by atoms with Crippen molar-refractivity contribution in [1.29, 1.82) is 0 Å². The molecule has 2 amide bonds. The third kappa shape index (κ3) is 4.24. The van der Waals surface area contributed by atoms with E-state index < -0.39 is 0 Å². The Morgan fingerprint density at radius 1 is 0.844 bits per heavy atom. The van der Waals surface area contributed by atoms with E-state index in [-0.39, 0.29) is 23.7 Å². The highest BCUT2D eigenvalue weighted by molar-refractivity contribution is 5.95. The monoisotopic (exact) mass is 438 g/mol. The molecule has 0 aliphatic carbocycles. The number of carbonyl (C=O) groups excluding carboxylic acids is 2. The van der Waals surface area contributed by atoms with Crippen molar-refractivity contribution in [2.24, 2.45) is 5.92 Å². The quantitative estimate of drug-likeness (QED) is 0.693. The van der Waals surface area contributed by atoms with Crippen molar-refractivity contribution in [3.8, 4) is 17.2 Å². The van der Waals surface area contributed by atoms with E-state index in [1.165, 1.54) is 0 Å². The molecule has 2 aliphatic heterocycles. The molecule has 2 saturated heterocycles. The van der Waals surface area contributed by atoms with Gasteiger partial charge in [0.15, 0.2) is 0 Å². The lowest BCUT2D eigenvalue weighted by molar-refractivity contribution is -0.134. The van der Waals surface area contributed by atoms with Crippen LogP contribution in [0.1, 0.15) is 34.7 Å². The summed E-state index contributed by atoms with van der Waals surface area (Å²) in [5.41, 5.74) is 1.48. The van der Waals surface area contributed by atoms with E-state index in [2.05, 4.69) is 0 Å². The summed E-state index contributed by atoms with van der Waals surface area (Å²) in [7, 11) is 4.80. The normalized spacial score (nSPS) is 20.3. The van der Waals surface area contributed by atoms with Gasteiger partial charge in [0, 0.05) is 49.3 Å². The second kappa shape index (κ2) is 9.51. The van der Waals surface area contributed by atoms with Gasteiger partial charge in [-0.15, -0.1) is 0 Å². The summed E-state index contributed by atoms with van der Waals surface area (Å²) in [6.07, 6.45) is 2.06. The fourth-order valence-electron chi connectivity index (χ4n) is 4.77. The van der Waals surface area contributed by atoms with E-state index in [1.807, 2.05) is 29.2 Å². The summed E-state index contributed by atoms with van der Waals surface area (Å²) in [5, 5.41) is 0. The van der Waals surface area contributed by atoms with Crippen LogP contribution in [0.3, 0.4) is 0 Å². The molecular formula is C25H30N2O5. The van der Waals surface area contributed by atoms with E-state index in [9.17, 15) is 9.59 Å². The average molecular weight is 439 g/mol. The van der Waals surface area contributed by atoms with E-state index in [1.54, 1.807) is 44.4 Å². The number of nitrogens with zero attached hydrogens (tertiary/aromatic N) is 2. The number of benzene rings is 2. The minimum absolute atomic E-state index is 0.0990. The Balaban J connectivity index is 1.66. The van der Waals surface area contributed by atoms with Gasteiger partial charge in [0.2, 0.25) is 5.91 Å². The molecule has 0 bridgehead atoms. The zero-order valence-electron chi connectivity index (χ0n) is 18.9. The fourth-order valence-corrected chi connectivity index (χ4v) is 4.77. The van der Waals surface area contributed by atoms with Crippen molar-refractivity contribution in [3.05, 3.63) is 53.6 Å². The number of amides is 2. The van der Waals surface area contributed by atoms with Gasteiger partial charge in [0.05, 0.1) is 27.2 Å². The molecular weight excluding hydrogens is 408 g/mol. The molecule has 0 saturated carbocycles. The summed E-state index contributed by atoms with van der Waals surface area (Å²) >= 11 is 0. The Morgan fingerprint density at radius 3 is 2.25 bits per heavy atom. The molecule has 2 aromatic carbocycles. The van der Waals surface area contributed by atoms with Crippen LogP contribution >= 0.6 is 0 Å². The molecule has 170 valence electrons. The van der Waals surface area contributed by atoms with Crippen LogP contribution in [0.5, 0.6) is 17.2 Å². The van der Waals surface area contributed by atoms with Gasteiger partial charge in [0.1, 0.15) is 17.2 Å². The molecule has 32 heavy (non-hydrogen) atoms. The minimum atomic E-state index is -0.315. The summed E-state index contributed by atoms with van der Waals surface area (Å²) in [6.45, 7) is 2.39. The van der Waals surface area contributed by atoms with Crippen LogP contribution in [0.25, 0.3) is 0 Å². The van der Waals surface area contributed by atoms with Gasteiger partial charge in [-0.1, -0.05) is 12.1 Å². The summed E-state index contributed by atoms with van der Waals surface area (Å²) < 4.78 is 16.3. The van der Waals surface area contributed by atoms with Gasteiger partial charge in [-0.05, 0) is 37.1 Å². The minimum Gasteiger partial charge on any atom is -0.497 e. The SMILES string of the molecule is COc1cccc(C(=O)N2C[C@@H](C(=O)N3CCCC3)[C@H](c3ccc(OC)cc3OC)C2)c1. The zero-order chi connectivity index (χ0) is 22.7.